The van der Waals surface area contributed by atoms with E-state index in [1.165, 1.54) is 0 Å². The molecular weight excluding hydrogens is 708 g/mol. The van der Waals surface area contributed by atoms with Gasteiger partial charge in [-0.2, -0.15) is 10.2 Å². The summed E-state index contributed by atoms with van der Waals surface area (Å²) in [6.45, 7) is 13.8. The minimum Gasteiger partial charge on any atom is -0.457 e. The molecule has 0 spiro atoms. The van der Waals surface area contributed by atoms with Gasteiger partial charge >= 0.3 is 7.12 Å². The van der Waals surface area contributed by atoms with Crippen LogP contribution >= 0.6 is 22.6 Å². The van der Waals surface area contributed by atoms with E-state index in [0.717, 1.165) is 75.0 Å². The van der Waals surface area contributed by atoms with Crippen molar-refractivity contribution in [2.75, 3.05) is 13.7 Å². The van der Waals surface area contributed by atoms with Crippen molar-refractivity contribution in [2.45, 2.75) is 97.4 Å². The lowest BCUT2D eigenvalue weighted by Crippen LogP contribution is -2.41. The van der Waals surface area contributed by atoms with E-state index < -0.39 is 18.3 Å². The van der Waals surface area contributed by atoms with E-state index >= 15 is 0 Å². The van der Waals surface area contributed by atoms with Crippen molar-refractivity contribution in [1.82, 2.24) is 34.2 Å². The summed E-state index contributed by atoms with van der Waals surface area (Å²) in [4.78, 5) is 2.20. The van der Waals surface area contributed by atoms with Crippen LogP contribution in [-0.4, -0.2) is 72.4 Å². The topological polar surface area (TPSA) is 93.6 Å². The zero-order valence-electron chi connectivity index (χ0n) is 29.1. The van der Waals surface area contributed by atoms with Crippen LogP contribution in [0.4, 0.5) is 0 Å². The van der Waals surface area contributed by atoms with E-state index in [2.05, 4.69) is 98.7 Å². The number of hydrogen-bond acceptors (Lipinski definition) is 8. The summed E-state index contributed by atoms with van der Waals surface area (Å²) in [5.74, 6) is 2.64. The highest BCUT2D eigenvalue weighted by Gasteiger charge is 2.50. The third kappa shape index (κ3) is 6.78. The Kier molecular flexibility index (Phi) is 9.67. The average molecular weight is 756 g/mol. The predicted molar refractivity (Wildman–Crippen MR) is 193 cm³/mol. The molecule has 252 valence electrons. The number of ether oxygens (including phenoxy) is 2. The Morgan fingerprint density at radius 1 is 1.13 bits per heavy atom. The van der Waals surface area contributed by atoms with Crippen LogP contribution in [0.2, 0.25) is 0 Å². The average Bonchev–Trinajstić information content (AvgIpc) is 3.72. The van der Waals surface area contributed by atoms with Gasteiger partial charge in [0.1, 0.15) is 3.70 Å². The molecular formula is C34H47BIN7O4. The maximum atomic E-state index is 6.41. The predicted octanol–water partition coefficient (Wildman–Crippen LogP) is 6.67. The van der Waals surface area contributed by atoms with Crippen LogP contribution in [0.25, 0.3) is 28.1 Å². The Hall–Kier alpha value is -2.72. The highest BCUT2D eigenvalue weighted by atomic mass is 127. The second kappa shape index (κ2) is 13.3. The number of fused-ring (bicyclic) bond motifs is 1. The number of nitrogens with zero attached hydrogens (tertiary/aromatic N) is 7. The van der Waals surface area contributed by atoms with Crippen LogP contribution in [0.1, 0.15) is 83.5 Å². The summed E-state index contributed by atoms with van der Waals surface area (Å²) in [5.41, 5.74) is 5.25. The lowest BCUT2D eigenvalue weighted by molar-refractivity contribution is -0.0367. The normalized spacial score (nSPS) is 20.2. The third-order valence-corrected chi connectivity index (χ3v) is 11.2. The summed E-state index contributed by atoms with van der Waals surface area (Å²) in [7, 11) is 5.53. The van der Waals surface area contributed by atoms with E-state index in [0.29, 0.717) is 12.4 Å². The molecule has 13 heteroatoms. The van der Waals surface area contributed by atoms with Crippen LogP contribution in [0.15, 0.2) is 30.4 Å². The Labute approximate surface area is 291 Å². The molecule has 3 aromatic heterocycles. The van der Waals surface area contributed by atoms with Gasteiger partial charge in [0.2, 0.25) is 5.88 Å². The standard InChI is InChI=1S/C34H47BIN7O4/c1-10-29(45-32-22(2)31(36)42(9)39-32)40(7)21-27-25(20-41(8)37-27)23-14-15-28-24(19-23)26(38-43(28)30-13-11-12-18-44-30)16-17-35-46-33(3,4)34(5,6)47-35/h14-17,19-20,29-30H,10-13,18,21H2,1-9H3/b17-16+. The fraction of sp³-hybridized carbons (Fsp3) is 0.559. The molecule has 1 aromatic carbocycles. The lowest BCUT2D eigenvalue weighted by atomic mass is 9.89. The van der Waals surface area contributed by atoms with Gasteiger partial charge in [-0.25, -0.2) is 4.68 Å². The summed E-state index contributed by atoms with van der Waals surface area (Å²) >= 11 is 2.30. The summed E-state index contributed by atoms with van der Waals surface area (Å²) in [6, 6.07) is 6.54. The Balaban J connectivity index is 1.32. The molecule has 11 nitrogen and oxygen atoms in total. The molecule has 0 bridgehead atoms. The second-order valence-corrected chi connectivity index (χ2v) is 14.8. The van der Waals surface area contributed by atoms with E-state index in [1.54, 1.807) is 0 Å². The van der Waals surface area contributed by atoms with Crippen molar-refractivity contribution >= 4 is 46.7 Å². The van der Waals surface area contributed by atoms with Crippen molar-refractivity contribution in [3.63, 3.8) is 0 Å². The number of aryl methyl sites for hydroxylation is 2. The van der Waals surface area contributed by atoms with Gasteiger partial charge in [-0.15, -0.1) is 5.10 Å². The molecule has 6 rings (SSSR count). The zero-order chi connectivity index (χ0) is 33.7. The van der Waals surface area contributed by atoms with Gasteiger partial charge in [0, 0.05) is 50.0 Å². The molecule has 2 unspecified atom stereocenters. The first-order valence-electron chi connectivity index (χ1n) is 16.5. The van der Waals surface area contributed by atoms with Gasteiger partial charge in [0.25, 0.3) is 0 Å². The molecule has 2 saturated heterocycles. The molecule has 2 fully saturated rings. The Morgan fingerprint density at radius 2 is 1.87 bits per heavy atom. The van der Waals surface area contributed by atoms with Gasteiger partial charge in [-0.3, -0.25) is 14.3 Å². The number of benzene rings is 1. The molecule has 2 aliphatic rings. The van der Waals surface area contributed by atoms with Crippen LogP contribution < -0.4 is 4.74 Å². The van der Waals surface area contributed by atoms with E-state index in [9.17, 15) is 0 Å². The van der Waals surface area contributed by atoms with Gasteiger partial charge in [0.15, 0.2) is 12.5 Å². The second-order valence-electron chi connectivity index (χ2n) is 13.8. The third-order valence-electron chi connectivity index (χ3n) is 9.71. The molecule has 47 heavy (non-hydrogen) atoms. The van der Waals surface area contributed by atoms with Crippen molar-refractivity contribution < 1.29 is 18.8 Å². The molecule has 2 aliphatic heterocycles. The highest BCUT2D eigenvalue weighted by molar-refractivity contribution is 14.1. The fourth-order valence-electron chi connectivity index (χ4n) is 6.27. The van der Waals surface area contributed by atoms with Crippen molar-refractivity contribution in [3.8, 4) is 17.0 Å². The summed E-state index contributed by atoms with van der Waals surface area (Å²) in [5, 5.41) is 15.6. The number of rotatable bonds is 10. The number of hydrogen-bond donors (Lipinski definition) is 0. The van der Waals surface area contributed by atoms with Crippen molar-refractivity contribution in [3.05, 3.63) is 51.0 Å². The number of halogens is 1. The monoisotopic (exact) mass is 755 g/mol. The fourth-order valence-corrected chi connectivity index (χ4v) is 6.61. The van der Waals surface area contributed by atoms with Crippen molar-refractivity contribution in [1.29, 1.82) is 0 Å². The van der Waals surface area contributed by atoms with E-state index in [4.69, 9.17) is 29.0 Å². The molecule has 4 aromatic rings. The van der Waals surface area contributed by atoms with Crippen molar-refractivity contribution in [2.24, 2.45) is 14.1 Å². The SMILES string of the molecule is CCC(Oc1nn(C)c(I)c1C)N(C)Cc1nn(C)cc1-c1ccc2c(c1)c(/C=C/B1OC(C)(C)C(C)(C)O1)nn2C1CCCCO1. The number of aromatic nitrogens is 6. The van der Waals surface area contributed by atoms with Crippen LogP contribution in [0.5, 0.6) is 5.88 Å². The van der Waals surface area contributed by atoms with Gasteiger partial charge in [-0.1, -0.05) is 19.0 Å². The minimum atomic E-state index is -0.457. The zero-order valence-corrected chi connectivity index (χ0v) is 31.2. The van der Waals surface area contributed by atoms with Crippen LogP contribution in [0, 0.1) is 10.6 Å². The maximum absolute atomic E-state index is 6.41. The van der Waals surface area contributed by atoms with Crippen LogP contribution in [0.3, 0.4) is 0 Å². The summed E-state index contributed by atoms with van der Waals surface area (Å²) in [6.07, 6.45) is 7.82. The molecule has 5 heterocycles. The maximum Gasteiger partial charge on any atom is 0.487 e. The highest BCUT2D eigenvalue weighted by Crippen LogP contribution is 2.38. The van der Waals surface area contributed by atoms with Crippen LogP contribution in [-0.2, 0) is 34.7 Å². The van der Waals surface area contributed by atoms with Gasteiger partial charge in [-0.05, 0) is 114 Å². The Bertz CT molecular complexity index is 1760. The summed E-state index contributed by atoms with van der Waals surface area (Å²) < 4.78 is 31.9. The van der Waals surface area contributed by atoms with E-state index in [-0.39, 0.29) is 12.5 Å². The Morgan fingerprint density at radius 3 is 2.51 bits per heavy atom. The molecule has 2 atom stereocenters. The minimum absolute atomic E-state index is 0.0873. The molecule has 0 N–H and O–H groups in total. The molecule has 0 amide bonds. The molecule has 0 saturated carbocycles. The lowest BCUT2D eigenvalue weighted by Gasteiger charge is -2.32. The molecule has 0 radical (unpaired) electrons. The first kappa shape index (κ1) is 34.2. The quantitative estimate of drug-likeness (QED) is 0.101. The molecule has 0 aliphatic carbocycles. The van der Waals surface area contributed by atoms with E-state index in [1.807, 2.05) is 47.1 Å². The largest absolute Gasteiger partial charge is 0.487 e. The first-order valence-corrected chi connectivity index (χ1v) is 17.6. The van der Waals surface area contributed by atoms with Gasteiger partial charge < -0.3 is 18.8 Å². The smallest absolute Gasteiger partial charge is 0.457 e. The first-order chi connectivity index (χ1) is 22.3. The van der Waals surface area contributed by atoms with Gasteiger partial charge in [0.05, 0.1) is 28.1 Å².